The molecule has 1 aromatic heterocycles. The number of aromatic nitrogens is 3. The van der Waals surface area contributed by atoms with E-state index in [1.54, 1.807) is 14.2 Å². The van der Waals surface area contributed by atoms with Crippen molar-refractivity contribution in [3.05, 3.63) is 60.2 Å². The normalized spacial score (nSPS) is 19.8. The van der Waals surface area contributed by atoms with Crippen molar-refractivity contribution in [3.63, 3.8) is 0 Å². The van der Waals surface area contributed by atoms with Gasteiger partial charge < -0.3 is 14.5 Å². The van der Waals surface area contributed by atoms with Crippen LogP contribution < -0.4 is 15.0 Å². The van der Waals surface area contributed by atoms with Gasteiger partial charge in [-0.15, -0.1) is 10.2 Å². The Hall–Kier alpha value is -3.88. The van der Waals surface area contributed by atoms with E-state index in [0.717, 1.165) is 23.3 Å². The molecule has 0 saturated carbocycles. The second-order valence-electron chi connectivity index (χ2n) is 7.61. The quantitative estimate of drug-likeness (QED) is 0.682. The molecule has 0 radical (unpaired) electrons. The lowest BCUT2D eigenvalue weighted by Crippen LogP contribution is -2.61. The number of imide groups is 1. The smallest absolute Gasteiger partial charge is 0.325 e. The van der Waals surface area contributed by atoms with Crippen molar-refractivity contribution in [2.75, 3.05) is 25.6 Å². The van der Waals surface area contributed by atoms with Gasteiger partial charge in [-0.3, -0.25) is 14.7 Å². The van der Waals surface area contributed by atoms with Gasteiger partial charge in [0.15, 0.2) is 11.9 Å². The molecule has 2 atom stereocenters. The summed E-state index contributed by atoms with van der Waals surface area (Å²) in [4.78, 5) is 28.8. The van der Waals surface area contributed by atoms with Crippen LogP contribution in [0.5, 0.6) is 5.75 Å². The molecule has 0 bridgehead atoms. The van der Waals surface area contributed by atoms with E-state index in [9.17, 15) is 9.59 Å². The van der Waals surface area contributed by atoms with Crippen LogP contribution in [-0.2, 0) is 11.2 Å². The Balaban J connectivity index is 1.56. The van der Waals surface area contributed by atoms with Crippen LogP contribution in [-0.4, -0.2) is 58.3 Å². The number of likely N-dealkylation sites (N-methyl/N-ethyl adjacent to an activating group) is 1. The molecule has 9 heteroatoms. The first-order chi connectivity index (χ1) is 15.1. The summed E-state index contributed by atoms with van der Waals surface area (Å²) in [5.74, 6) is 1.58. The van der Waals surface area contributed by atoms with Crippen LogP contribution in [0, 0.1) is 0 Å². The number of fused-ring (bicyclic) bond motifs is 3. The number of benzene rings is 2. The summed E-state index contributed by atoms with van der Waals surface area (Å²) in [6, 6.07) is 16.5. The molecule has 9 nitrogen and oxygen atoms in total. The summed E-state index contributed by atoms with van der Waals surface area (Å²) in [5, 5.41) is 11.3. The van der Waals surface area contributed by atoms with Crippen molar-refractivity contribution < 1.29 is 14.3 Å². The van der Waals surface area contributed by atoms with Gasteiger partial charge in [0.25, 0.3) is 5.91 Å². The Morgan fingerprint density at radius 3 is 2.48 bits per heavy atom. The van der Waals surface area contributed by atoms with Crippen LogP contribution in [0.2, 0.25) is 0 Å². The number of nitrogens with one attached hydrogen (secondary N) is 1. The molecule has 1 N–H and O–H groups in total. The zero-order chi connectivity index (χ0) is 21.5. The highest BCUT2D eigenvalue weighted by molar-refractivity contribution is 6.02. The number of nitrogens with zero attached hydrogens (tertiary/aromatic N) is 5. The largest absolute Gasteiger partial charge is 0.497 e. The van der Waals surface area contributed by atoms with Gasteiger partial charge in [-0.05, 0) is 36.2 Å². The second kappa shape index (κ2) is 7.42. The number of amides is 3. The first kappa shape index (κ1) is 19.1. The number of hydrogen-bond donors (Lipinski definition) is 1. The summed E-state index contributed by atoms with van der Waals surface area (Å²) in [6.45, 7) is 0.571. The maximum absolute atomic E-state index is 12.9. The number of anilines is 1. The molecular formula is C22H22N6O3. The molecule has 3 heterocycles. The van der Waals surface area contributed by atoms with E-state index < -0.39 is 18.2 Å². The first-order valence-electron chi connectivity index (χ1n) is 10.1. The summed E-state index contributed by atoms with van der Waals surface area (Å²) < 4.78 is 7.13. The summed E-state index contributed by atoms with van der Waals surface area (Å²) in [7, 11) is 3.29. The van der Waals surface area contributed by atoms with Crippen molar-refractivity contribution in [1.29, 1.82) is 0 Å². The maximum atomic E-state index is 12.9. The van der Waals surface area contributed by atoms with E-state index in [0.29, 0.717) is 18.3 Å². The number of hydrogen-bond acceptors (Lipinski definition) is 6. The van der Waals surface area contributed by atoms with Crippen LogP contribution in [0.4, 0.5) is 10.7 Å². The van der Waals surface area contributed by atoms with Crippen molar-refractivity contribution >= 4 is 17.9 Å². The van der Waals surface area contributed by atoms with E-state index >= 15 is 0 Å². The zero-order valence-corrected chi connectivity index (χ0v) is 17.2. The lowest BCUT2D eigenvalue weighted by Gasteiger charge is -2.37. The Morgan fingerprint density at radius 2 is 1.77 bits per heavy atom. The number of urea groups is 1. The number of carbonyl (C=O) groups is 2. The molecule has 3 aromatic rings. The average molecular weight is 418 g/mol. The highest BCUT2D eigenvalue weighted by Crippen LogP contribution is 2.40. The third-order valence-electron chi connectivity index (χ3n) is 5.87. The molecular weight excluding hydrogens is 396 g/mol. The molecule has 158 valence electrons. The second-order valence-corrected chi connectivity index (χ2v) is 7.61. The Bertz CT molecular complexity index is 1130. The fourth-order valence-corrected chi connectivity index (χ4v) is 4.27. The minimum atomic E-state index is -0.575. The summed E-state index contributed by atoms with van der Waals surface area (Å²) >= 11 is 0. The van der Waals surface area contributed by atoms with Crippen LogP contribution in [0.15, 0.2) is 54.6 Å². The van der Waals surface area contributed by atoms with Crippen molar-refractivity contribution in [1.82, 2.24) is 25.0 Å². The van der Waals surface area contributed by atoms with Gasteiger partial charge in [0.1, 0.15) is 11.9 Å². The minimum Gasteiger partial charge on any atom is -0.497 e. The molecule has 2 unspecified atom stereocenters. The molecule has 0 aliphatic carbocycles. The van der Waals surface area contributed by atoms with E-state index in [-0.39, 0.29) is 5.91 Å². The number of carbonyl (C=O) groups excluding carboxylic acids is 2. The molecule has 2 aliphatic heterocycles. The standard InChI is InChI=1S/C22H22N6O3/c1-26-20-17(19(29)23-22(26)30)27(13-12-14-6-4-3-5-7-14)21-25-24-18(28(20)21)15-8-10-16(31-2)11-9-15/h3-11,17,20H,12-13H2,1-2H3,(H,23,29,30). The Labute approximate surface area is 179 Å². The highest BCUT2D eigenvalue weighted by atomic mass is 16.5. The van der Waals surface area contributed by atoms with Gasteiger partial charge in [-0.25, -0.2) is 4.79 Å². The van der Waals surface area contributed by atoms with Crippen LogP contribution >= 0.6 is 0 Å². The van der Waals surface area contributed by atoms with Crippen LogP contribution in [0.25, 0.3) is 11.4 Å². The van der Waals surface area contributed by atoms with E-state index in [4.69, 9.17) is 4.74 Å². The maximum Gasteiger partial charge on any atom is 0.325 e. The molecule has 1 saturated heterocycles. The number of methoxy groups -OCH3 is 1. The topological polar surface area (TPSA) is 92.6 Å². The number of ether oxygens (including phenoxy) is 1. The number of rotatable bonds is 5. The Kier molecular flexibility index (Phi) is 4.58. The average Bonchev–Trinajstić information content (AvgIpc) is 3.35. The van der Waals surface area contributed by atoms with Crippen LogP contribution in [0.1, 0.15) is 11.7 Å². The third-order valence-corrected chi connectivity index (χ3v) is 5.87. The predicted molar refractivity (Wildman–Crippen MR) is 114 cm³/mol. The van der Waals surface area contributed by atoms with Gasteiger partial charge >= 0.3 is 6.03 Å². The van der Waals surface area contributed by atoms with Crippen molar-refractivity contribution in [3.8, 4) is 17.1 Å². The molecule has 5 rings (SSSR count). The van der Waals surface area contributed by atoms with Gasteiger partial charge in [-0.2, -0.15) is 0 Å². The summed E-state index contributed by atoms with van der Waals surface area (Å²) in [5.41, 5.74) is 1.99. The SMILES string of the molecule is COc1ccc(-c2nnc3n2C2C(C(=O)NC(=O)N2C)N3CCc2ccccc2)cc1. The van der Waals surface area contributed by atoms with E-state index in [1.807, 2.05) is 51.9 Å². The monoisotopic (exact) mass is 418 g/mol. The van der Waals surface area contributed by atoms with Crippen molar-refractivity contribution in [2.45, 2.75) is 18.6 Å². The van der Waals surface area contributed by atoms with Crippen LogP contribution in [0.3, 0.4) is 0 Å². The third kappa shape index (κ3) is 3.09. The fraction of sp³-hybridized carbons (Fsp3) is 0.273. The van der Waals surface area contributed by atoms with Gasteiger partial charge in [0.05, 0.1) is 7.11 Å². The molecule has 1 fully saturated rings. The fourth-order valence-electron chi connectivity index (χ4n) is 4.27. The summed E-state index contributed by atoms with van der Waals surface area (Å²) in [6.07, 6.45) is 0.207. The molecule has 0 spiro atoms. The first-order valence-corrected chi connectivity index (χ1v) is 10.1. The lowest BCUT2D eigenvalue weighted by atomic mass is 10.1. The molecule has 31 heavy (non-hydrogen) atoms. The molecule has 3 amide bonds. The highest BCUT2D eigenvalue weighted by Gasteiger charge is 2.52. The molecule has 2 aromatic carbocycles. The zero-order valence-electron chi connectivity index (χ0n) is 17.2. The van der Waals surface area contributed by atoms with Gasteiger partial charge in [-0.1, -0.05) is 30.3 Å². The minimum absolute atomic E-state index is 0.327. The van der Waals surface area contributed by atoms with E-state index in [2.05, 4.69) is 27.6 Å². The molecule has 2 aliphatic rings. The lowest BCUT2D eigenvalue weighted by molar-refractivity contribution is -0.124. The van der Waals surface area contributed by atoms with Gasteiger partial charge in [0.2, 0.25) is 5.95 Å². The van der Waals surface area contributed by atoms with Gasteiger partial charge in [0, 0.05) is 19.2 Å². The van der Waals surface area contributed by atoms with Crippen molar-refractivity contribution in [2.24, 2.45) is 0 Å². The predicted octanol–water partition coefficient (Wildman–Crippen LogP) is 2.07. The van der Waals surface area contributed by atoms with E-state index in [1.165, 1.54) is 4.90 Å². The Morgan fingerprint density at radius 1 is 1.03 bits per heavy atom.